The summed E-state index contributed by atoms with van der Waals surface area (Å²) in [6.45, 7) is 11.7. The van der Waals surface area contributed by atoms with Crippen LogP contribution in [-0.2, 0) is 19.1 Å². The van der Waals surface area contributed by atoms with Gasteiger partial charge in [0.05, 0.1) is 0 Å². The second kappa shape index (κ2) is 4.72. The van der Waals surface area contributed by atoms with Crippen molar-refractivity contribution in [2.75, 3.05) is 0 Å². The number of rotatable bonds is 1. The van der Waals surface area contributed by atoms with Crippen molar-refractivity contribution >= 4 is 11.9 Å². The number of carbonyl (C=O) groups excluding carboxylic acids is 2. The Morgan fingerprint density at radius 3 is 2.76 bits per heavy atom. The SMILES string of the molecule is C=C1C(=O)OC2CC3(C)CC(OC(C)=O)CC(=C)C3CC12. The van der Waals surface area contributed by atoms with Crippen LogP contribution < -0.4 is 0 Å². The van der Waals surface area contributed by atoms with Crippen molar-refractivity contribution in [3.8, 4) is 0 Å². The molecule has 0 aromatic heterocycles. The average molecular weight is 290 g/mol. The summed E-state index contributed by atoms with van der Waals surface area (Å²) in [4.78, 5) is 22.9. The molecule has 1 heterocycles. The van der Waals surface area contributed by atoms with Gasteiger partial charge in [0.1, 0.15) is 12.2 Å². The van der Waals surface area contributed by atoms with E-state index < -0.39 is 0 Å². The summed E-state index contributed by atoms with van der Waals surface area (Å²) < 4.78 is 10.9. The maximum Gasteiger partial charge on any atom is 0.334 e. The van der Waals surface area contributed by atoms with E-state index in [0.29, 0.717) is 11.5 Å². The van der Waals surface area contributed by atoms with E-state index in [1.807, 2.05) is 0 Å². The molecule has 0 radical (unpaired) electrons. The van der Waals surface area contributed by atoms with E-state index >= 15 is 0 Å². The van der Waals surface area contributed by atoms with Crippen LogP contribution >= 0.6 is 0 Å². The van der Waals surface area contributed by atoms with Crippen LogP contribution in [0.5, 0.6) is 0 Å². The Bertz CT molecular complexity index is 535. The highest BCUT2D eigenvalue weighted by Gasteiger charge is 2.54. The fourth-order valence-corrected chi connectivity index (χ4v) is 4.52. The van der Waals surface area contributed by atoms with Crippen LogP contribution in [0.4, 0.5) is 0 Å². The smallest absolute Gasteiger partial charge is 0.334 e. The second-order valence-electron chi connectivity index (χ2n) is 7.02. The van der Waals surface area contributed by atoms with Gasteiger partial charge in [0.15, 0.2) is 0 Å². The van der Waals surface area contributed by atoms with Crippen LogP contribution in [0.2, 0.25) is 0 Å². The van der Waals surface area contributed by atoms with Crippen LogP contribution in [0.15, 0.2) is 24.3 Å². The van der Waals surface area contributed by atoms with Crippen molar-refractivity contribution in [2.45, 2.75) is 51.7 Å². The van der Waals surface area contributed by atoms with Crippen molar-refractivity contribution in [1.82, 2.24) is 0 Å². The molecule has 2 aliphatic carbocycles. The van der Waals surface area contributed by atoms with E-state index in [-0.39, 0.29) is 35.5 Å². The fraction of sp³-hybridized carbons (Fsp3) is 0.647. The zero-order chi connectivity index (χ0) is 15.4. The van der Waals surface area contributed by atoms with E-state index in [4.69, 9.17) is 9.47 Å². The van der Waals surface area contributed by atoms with Gasteiger partial charge in [0, 0.05) is 24.8 Å². The van der Waals surface area contributed by atoms with E-state index in [2.05, 4.69) is 20.1 Å². The Hall–Kier alpha value is -1.58. The molecule has 3 aliphatic rings. The first-order valence-corrected chi connectivity index (χ1v) is 7.55. The highest BCUT2D eigenvalue weighted by atomic mass is 16.6. The summed E-state index contributed by atoms with van der Waals surface area (Å²) in [5, 5.41) is 0. The standard InChI is InChI=1S/C17H22O4/c1-9-5-12(20-11(3)18)7-17(4)8-15-13(6-14(9)17)10(2)16(19)21-15/h12-15H,1-2,5-8H2,3-4H3. The largest absolute Gasteiger partial charge is 0.462 e. The Balaban J connectivity index is 1.83. The number of carbonyl (C=O) groups is 2. The zero-order valence-corrected chi connectivity index (χ0v) is 12.7. The molecule has 3 fully saturated rings. The molecule has 2 saturated carbocycles. The molecular formula is C17H22O4. The monoisotopic (exact) mass is 290 g/mol. The molecule has 4 heteroatoms. The summed E-state index contributed by atoms with van der Waals surface area (Å²) in [6, 6.07) is 0. The van der Waals surface area contributed by atoms with E-state index in [1.165, 1.54) is 6.92 Å². The minimum Gasteiger partial charge on any atom is -0.462 e. The number of ether oxygens (including phenoxy) is 2. The van der Waals surface area contributed by atoms with Gasteiger partial charge in [0.25, 0.3) is 0 Å². The summed E-state index contributed by atoms with van der Waals surface area (Å²) in [6.07, 6.45) is 3.02. The molecule has 0 bridgehead atoms. The molecule has 1 aliphatic heterocycles. The third kappa shape index (κ3) is 2.30. The van der Waals surface area contributed by atoms with Gasteiger partial charge >= 0.3 is 11.9 Å². The first kappa shape index (κ1) is 14.4. The van der Waals surface area contributed by atoms with E-state index in [0.717, 1.165) is 31.3 Å². The summed E-state index contributed by atoms with van der Waals surface area (Å²) in [7, 11) is 0. The predicted molar refractivity (Wildman–Crippen MR) is 77.3 cm³/mol. The minimum absolute atomic E-state index is 0.0263. The molecule has 5 atom stereocenters. The molecule has 0 aromatic carbocycles. The Labute approximate surface area is 125 Å². The van der Waals surface area contributed by atoms with Crippen LogP contribution in [0, 0.1) is 17.3 Å². The molecule has 0 N–H and O–H groups in total. The lowest BCUT2D eigenvalue weighted by molar-refractivity contribution is -0.152. The Kier molecular flexibility index (Phi) is 3.23. The predicted octanol–water partition coefficient (Wildman–Crippen LogP) is 2.78. The number of hydrogen-bond acceptors (Lipinski definition) is 4. The minimum atomic E-state index is -0.255. The van der Waals surface area contributed by atoms with Gasteiger partial charge < -0.3 is 9.47 Å². The molecule has 21 heavy (non-hydrogen) atoms. The lowest BCUT2D eigenvalue weighted by atomic mass is 9.55. The average Bonchev–Trinajstić information content (AvgIpc) is 2.60. The third-order valence-electron chi connectivity index (χ3n) is 5.42. The number of fused-ring (bicyclic) bond motifs is 2. The molecule has 5 unspecified atom stereocenters. The molecule has 3 rings (SSSR count). The third-order valence-corrected chi connectivity index (χ3v) is 5.42. The maximum absolute atomic E-state index is 11.7. The second-order valence-corrected chi connectivity index (χ2v) is 7.02. The first-order chi connectivity index (χ1) is 9.80. The van der Waals surface area contributed by atoms with Gasteiger partial charge in [-0.2, -0.15) is 0 Å². The van der Waals surface area contributed by atoms with Crippen LogP contribution in [-0.4, -0.2) is 24.1 Å². The first-order valence-electron chi connectivity index (χ1n) is 7.55. The van der Waals surface area contributed by atoms with Crippen molar-refractivity contribution in [3.63, 3.8) is 0 Å². The quantitative estimate of drug-likeness (QED) is 0.423. The molecule has 0 spiro atoms. The van der Waals surface area contributed by atoms with E-state index in [9.17, 15) is 9.59 Å². The van der Waals surface area contributed by atoms with Gasteiger partial charge in [-0.1, -0.05) is 25.7 Å². The highest BCUT2D eigenvalue weighted by molar-refractivity contribution is 5.90. The molecular weight excluding hydrogens is 268 g/mol. The maximum atomic E-state index is 11.7. The van der Waals surface area contributed by atoms with Crippen LogP contribution in [0.25, 0.3) is 0 Å². The molecule has 114 valence electrons. The fourth-order valence-electron chi connectivity index (χ4n) is 4.52. The van der Waals surface area contributed by atoms with Gasteiger partial charge in [0.2, 0.25) is 0 Å². The summed E-state index contributed by atoms with van der Waals surface area (Å²) in [5.74, 6) is -0.0342. The van der Waals surface area contributed by atoms with Gasteiger partial charge in [-0.05, 0) is 30.6 Å². The normalized spacial score (nSPS) is 42.1. The van der Waals surface area contributed by atoms with Crippen LogP contribution in [0.1, 0.15) is 39.5 Å². The van der Waals surface area contributed by atoms with Gasteiger partial charge in [-0.25, -0.2) is 4.79 Å². The van der Waals surface area contributed by atoms with Crippen molar-refractivity contribution in [3.05, 3.63) is 24.3 Å². The molecule has 1 saturated heterocycles. The molecule has 4 nitrogen and oxygen atoms in total. The lowest BCUT2D eigenvalue weighted by Crippen LogP contribution is -2.47. The van der Waals surface area contributed by atoms with Crippen LogP contribution in [0.3, 0.4) is 0 Å². The highest BCUT2D eigenvalue weighted by Crippen LogP contribution is 2.57. The summed E-state index contributed by atoms with van der Waals surface area (Å²) in [5.41, 5.74) is 1.71. The molecule has 0 amide bonds. The van der Waals surface area contributed by atoms with Crippen molar-refractivity contribution in [1.29, 1.82) is 0 Å². The number of hydrogen-bond donors (Lipinski definition) is 0. The van der Waals surface area contributed by atoms with Crippen molar-refractivity contribution < 1.29 is 19.1 Å². The Morgan fingerprint density at radius 1 is 1.38 bits per heavy atom. The topological polar surface area (TPSA) is 52.6 Å². The van der Waals surface area contributed by atoms with Gasteiger partial charge in [-0.3, -0.25) is 4.79 Å². The Morgan fingerprint density at radius 2 is 2.10 bits per heavy atom. The lowest BCUT2D eigenvalue weighted by Gasteiger charge is -2.51. The van der Waals surface area contributed by atoms with E-state index in [1.54, 1.807) is 0 Å². The van der Waals surface area contributed by atoms with Gasteiger partial charge in [-0.15, -0.1) is 0 Å². The summed E-state index contributed by atoms with van der Waals surface area (Å²) >= 11 is 0. The molecule has 0 aromatic rings. The zero-order valence-electron chi connectivity index (χ0n) is 12.7. The number of esters is 2. The van der Waals surface area contributed by atoms with Crippen molar-refractivity contribution in [2.24, 2.45) is 17.3 Å².